The Labute approximate surface area is 116 Å². The van der Waals surface area contributed by atoms with Crippen molar-refractivity contribution in [2.45, 2.75) is 13.1 Å². The van der Waals surface area contributed by atoms with Gasteiger partial charge in [-0.2, -0.15) is 13.2 Å². The van der Waals surface area contributed by atoms with Gasteiger partial charge in [-0.3, -0.25) is 4.79 Å². The maximum Gasteiger partial charge on any atom is 0.417 e. The molecule has 6 heteroatoms. The number of hydrogen-bond acceptors (Lipinski definition) is 2. The molecule has 1 fully saturated rings. The highest BCUT2D eigenvalue weighted by Gasteiger charge is 2.36. The van der Waals surface area contributed by atoms with E-state index in [0.717, 1.165) is 12.6 Å². The Bertz CT molecular complexity index is 480. The summed E-state index contributed by atoms with van der Waals surface area (Å²) in [6.45, 7) is 5.27. The van der Waals surface area contributed by atoms with Gasteiger partial charge in [0, 0.05) is 26.2 Å². The highest BCUT2D eigenvalue weighted by molar-refractivity contribution is 5.96. The zero-order chi connectivity index (χ0) is 14.8. The first kappa shape index (κ1) is 14.8. The summed E-state index contributed by atoms with van der Waals surface area (Å²) in [4.78, 5) is 15.9. The van der Waals surface area contributed by atoms with Gasteiger partial charge in [0.15, 0.2) is 0 Å². The van der Waals surface area contributed by atoms with E-state index in [9.17, 15) is 18.0 Å². The molecule has 110 valence electrons. The van der Waals surface area contributed by atoms with Crippen molar-refractivity contribution in [3.63, 3.8) is 0 Å². The van der Waals surface area contributed by atoms with Crippen LogP contribution in [0.1, 0.15) is 22.8 Å². The summed E-state index contributed by atoms with van der Waals surface area (Å²) < 4.78 is 38.7. The molecule has 1 aliphatic heterocycles. The van der Waals surface area contributed by atoms with Gasteiger partial charge in [-0.15, -0.1) is 0 Å². The second kappa shape index (κ2) is 5.83. The van der Waals surface area contributed by atoms with Crippen LogP contribution in [0.5, 0.6) is 0 Å². The molecule has 1 aliphatic rings. The van der Waals surface area contributed by atoms with E-state index in [1.54, 1.807) is 0 Å². The van der Waals surface area contributed by atoms with Crippen LogP contribution in [0.3, 0.4) is 0 Å². The van der Waals surface area contributed by atoms with Gasteiger partial charge in [0.1, 0.15) is 0 Å². The average Bonchev–Trinajstić information content (AvgIpc) is 2.46. The van der Waals surface area contributed by atoms with E-state index in [-0.39, 0.29) is 5.56 Å². The minimum Gasteiger partial charge on any atom is -0.336 e. The Kier molecular flexibility index (Phi) is 4.32. The second-order valence-corrected chi connectivity index (χ2v) is 4.77. The first-order valence-electron chi connectivity index (χ1n) is 6.61. The number of halogens is 3. The van der Waals surface area contributed by atoms with Gasteiger partial charge >= 0.3 is 6.18 Å². The molecule has 0 aromatic heterocycles. The molecule has 0 unspecified atom stereocenters. The number of hydrogen-bond donors (Lipinski definition) is 0. The number of benzene rings is 1. The van der Waals surface area contributed by atoms with Crippen LogP contribution in [0.2, 0.25) is 0 Å². The number of rotatable bonds is 2. The molecule has 1 heterocycles. The molecule has 0 spiro atoms. The molecule has 1 aromatic rings. The average molecular weight is 286 g/mol. The van der Waals surface area contributed by atoms with E-state index >= 15 is 0 Å². The molecule has 0 bridgehead atoms. The Hall–Kier alpha value is -1.56. The summed E-state index contributed by atoms with van der Waals surface area (Å²) in [5, 5.41) is 0. The van der Waals surface area contributed by atoms with Gasteiger partial charge in [-0.25, -0.2) is 0 Å². The summed E-state index contributed by atoms with van der Waals surface area (Å²) in [5.41, 5.74) is -1.12. The van der Waals surface area contributed by atoms with E-state index in [1.807, 2.05) is 6.92 Å². The zero-order valence-corrected chi connectivity index (χ0v) is 11.3. The van der Waals surface area contributed by atoms with Crippen molar-refractivity contribution >= 4 is 5.91 Å². The first-order valence-corrected chi connectivity index (χ1v) is 6.61. The molecule has 0 N–H and O–H groups in total. The lowest BCUT2D eigenvalue weighted by Gasteiger charge is -2.34. The van der Waals surface area contributed by atoms with Crippen LogP contribution in [0, 0.1) is 0 Å². The van der Waals surface area contributed by atoms with Crippen LogP contribution in [-0.4, -0.2) is 48.4 Å². The van der Waals surface area contributed by atoms with Crippen LogP contribution in [0.25, 0.3) is 0 Å². The Morgan fingerprint density at radius 2 is 1.75 bits per heavy atom. The number of carbonyl (C=O) groups is 1. The fraction of sp³-hybridized carbons (Fsp3) is 0.500. The second-order valence-electron chi connectivity index (χ2n) is 4.77. The third kappa shape index (κ3) is 3.12. The molecule has 20 heavy (non-hydrogen) atoms. The Balaban J connectivity index is 2.18. The van der Waals surface area contributed by atoms with Crippen molar-refractivity contribution in [1.82, 2.24) is 9.80 Å². The minimum absolute atomic E-state index is 0.259. The van der Waals surface area contributed by atoms with Crippen molar-refractivity contribution in [3.05, 3.63) is 35.4 Å². The Morgan fingerprint density at radius 1 is 1.15 bits per heavy atom. The van der Waals surface area contributed by atoms with E-state index in [0.29, 0.717) is 26.2 Å². The lowest BCUT2D eigenvalue weighted by atomic mass is 10.1. The van der Waals surface area contributed by atoms with Gasteiger partial charge in [-0.1, -0.05) is 19.1 Å². The predicted molar refractivity (Wildman–Crippen MR) is 69.5 cm³/mol. The van der Waals surface area contributed by atoms with E-state index in [2.05, 4.69) is 4.90 Å². The first-order chi connectivity index (χ1) is 9.43. The molecule has 0 saturated carbocycles. The molecule has 0 atom stereocenters. The summed E-state index contributed by atoms with van der Waals surface area (Å²) in [6, 6.07) is 4.96. The molecular weight excluding hydrogens is 269 g/mol. The van der Waals surface area contributed by atoms with Crippen LogP contribution in [0.4, 0.5) is 13.2 Å². The van der Waals surface area contributed by atoms with Gasteiger partial charge < -0.3 is 9.80 Å². The topological polar surface area (TPSA) is 23.6 Å². The number of likely N-dealkylation sites (N-methyl/N-ethyl adjacent to an activating group) is 1. The van der Waals surface area contributed by atoms with Crippen molar-refractivity contribution in [3.8, 4) is 0 Å². The van der Waals surface area contributed by atoms with Crippen LogP contribution in [-0.2, 0) is 6.18 Å². The van der Waals surface area contributed by atoms with Gasteiger partial charge in [0.25, 0.3) is 5.91 Å². The quantitative estimate of drug-likeness (QED) is 0.834. The summed E-state index contributed by atoms with van der Waals surface area (Å²) in [6.07, 6.45) is -4.50. The third-order valence-electron chi connectivity index (χ3n) is 3.57. The van der Waals surface area contributed by atoms with Crippen molar-refractivity contribution < 1.29 is 18.0 Å². The smallest absolute Gasteiger partial charge is 0.336 e. The minimum atomic E-state index is -4.50. The summed E-state index contributed by atoms with van der Waals surface area (Å²) in [7, 11) is 0. The fourth-order valence-corrected chi connectivity index (χ4v) is 2.35. The highest BCUT2D eigenvalue weighted by atomic mass is 19.4. The molecule has 0 aliphatic carbocycles. The van der Waals surface area contributed by atoms with Crippen LogP contribution in [0.15, 0.2) is 24.3 Å². The van der Waals surface area contributed by atoms with E-state index < -0.39 is 17.6 Å². The van der Waals surface area contributed by atoms with Crippen LogP contribution < -0.4 is 0 Å². The maximum atomic E-state index is 12.9. The molecule has 2 rings (SSSR count). The predicted octanol–water partition coefficient (Wildman–Crippen LogP) is 2.48. The lowest BCUT2D eigenvalue weighted by molar-refractivity contribution is -0.138. The van der Waals surface area contributed by atoms with Crippen LogP contribution >= 0.6 is 0 Å². The molecule has 3 nitrogen and oxygen atoms in total. The number of carbonyl (C=O) groups excluding carboxylic acids is 1. The molecule has 0 radical (unpaired) electrons. The Morgan fingerprint density at radius 3 is 2.30 bits per heavy atom. The fourth-order valence-electron chi connectivity index (χ4n) is 2.35. The lowest BCUT2D eigenvalue weighted by Crippen LogP contribution is -2.48. The van der Waals surface area contributed by atoms with Gasteiger partial charge in [0.05, 0.1) is 11.1 Å². The number of amides is 1. The number of alkyl halides is 3. The largest absolute Gasteiger partial charge is 0.417 e. The highest BCUT2D eigenvalue weighted by Crippen LogP contribution is 2.32. The SMILES string of the molecule is CCN1CCN(C(=O)c2ccccc2C(F)(F)F)CC1. The molecule has 1 saturated heterocycles. The van der Waals surface area contributed by atoms with E-state index in [4.69, 9.17) is 0 Å². The van der Waals surface area contributed by atoms with Crippen molar-refractivity contribution in [2.75, 3.05) is 32.7 Å². The van der Waals surface area contributed by atoms with Gasteiger partial charge in [0.2, 0.25) is 0 Å². The monoisotopic (exact) mass is 286 g/mol. The third-order valence-corrected chi connectivity index (χ3v) is 3.57. The van der Waals surface area contributed by atoms with E-state index in [1.165, 1.54) is 23.1 Å². The number of nitrogens with zero attached hydrogens (tertiary/aromatic N) is 2. The summed E-state index contributed by atoms with van der Waals surface area (Å²) >= 11 is 0. The van der Waals surface area contributed by atoms with Crippen molar-refractivity contribution in [1.29, 1.82) is 0 Å². The van der Waals surface area contributed by atoms with Gasteiger partial charge in [-0.05, 0) is 18.7 Å². The number of piperazine rings is 1. The molecular formula is C14H17F3N2O. The maximum absolute atomic E-state index is 12.9. The normalized spacial score (nSPS) is 17.3. The molecule has 1 aromatic carbocycles. The zero-order valence-electron chi connectivity index (χ0n) is 11.3. The molecule has 1 amide bonds. The standard InChI is InChI=1S/C14H17F3N2O/c1-2-18-7-9-19(10-8-18)13(20)11-5-3-4-6-12(11)14(15,16)17/h3-6H,2,7-10H2,1H3. The van der Waals surface area contributed by atoms with Crippen molar-refractivity contribution in [2.24, 2.45) is 0 Å². The summed E-state index contributed by atoms with van der Waals surface area (Å²) in [5.74, 6) is -0.534.